The van der Waals surface area contributed by atoms with E-state index < -0.39 is 0 Å². The van der Waals surface area contributed by atoms with Crippen LogP contribution < -0.4 is 17.2 Å². The summed E-state index contributed by atoms with van der Waals surface area (Å²) in [7, 11) is 0. The molecule has 6 N–H and O–H groups in total. The van der Waals surface area contributed by atoms with Crippen LogP contribution in [-0.4, -0.2) is 53.7 Å². The van der Waals surface area contributed by atoms with Gasteiger partial charge in [0.15, 0.2) is 0 Å². The molecule has 40 heavy (non-hydrogen) atoms. The molecule has 0 aromatic heterocycles. The predicted octanol–water partition coefficient (Wildman–Crippen LogP) is 7.45. The molecule has 0 saturated carbocycles. The monoisotopic (exact) mass is 572 g/mol. The molecular formula is C34H73N3O3. The van der Waals surface area contributed by atoms with Gasteiger partial charge in [0, 0.05) is 16.6 Å². The second kappa shape index (κ2) is 15.5. The lowest BCUT2D eigenvalue weighted by molar-refractivity contribution is -0.117. The van der Waals surface area contributed by atoms with Crippen molar-refractivity contribution in [1.82, 2.24) is 0 Å². The van der Waals surface area contributed by atoms with Crippen LogP contribution in [0.5, 0.6) is 0 Å². The second-order valence-electron chi connectivity index (χ2n) is 16.1. The van der Waals surface area contributed by atoms with Gasteiger partial charge in [-0.15, -0.1) is 0 Å². The van der Waals surface area contributed by atoms with Gasteiger partial charge in [0.1, 0.15) is 0 Å². The normalized spacial score (nSPS) is 19.9. The maximum absolute atomic E-state index is 6.62. The Hall–Kier alpha value is -0.240. The first-order valence-corrected chi connectivity index (χ1v) is 16.1. The first-order chi connectivity index (χ1) is 17.9. The smallest absolute Gasteiger partial charge is 0.0632 e. The average Bonchev–Trinajstić information content (AvgIpc) is 2.81. The lowest BCUT2D eigenvalue weighted by atomic mass is 9.66. The van der Waals surface area contributed by atoms with Crippen molar-refractivity contribution in [2.45, 2.75) is 176 Å². The second-order valence-corrected chi connectivity index (χ2v) is 16.1. The summed E-state index contributed by atoms with van der Waals surface area (Å²) in [4.78, 5) is 0. The van der Waals surface area contributed by atoms with Crippen molar-refractivity contribution in [2.24, 2.45) is 40.4 Å². The standard InChI is InChI=1S/C34H73N3O3/c1-16-28(38-20-27(6)33(15,37)17-2)19-34(18-3,23-29(7,8)39-21-25(4)31(11,12)35)24-30(9,10)40-22-26(5)32(13,14)36/h25-28H,16-24,35-37H2,1-15H3. The zero-order valence-electron chi connectivity index (χ0n) is 29.6. The van der Waals surface area contributed by atoms with E-state index in [2.05, 4.69) is 104 Å². The zero-order valence-corrected chi connectivity index (χ0v) is 29.6. The van der Waals surface area contributed by atoms with Crippen LogP contribution in [0, 0.1) is 23.2 Å². The molecule has 0 aromatic rings. The minimum Gasteiger partial charge on any atom is -0.378 e. The van der Waals surface area contributed by atoms with Gasteiger partial charge in [-0.2, -0.15) is 0 Å². The minimum atomic E-state index is -0.318. The van der Waals surface area contributed by atoms with Crippen molar-refractivity contribution >= 4 is 0 Å². The third kappa shape index (κ3) is 14.3. The van der Waals surface area contributed by atoms with Gasteiger partial charge < -0.3 is 31.4 Å². The van der Waals surface area contributed by atoms with Gasteiger partial charge >= 0.3 is 0 Å². The van der Waals surface area contributed by atoms with E-state index in [-0.39, 0.29) is 57.1 Å². The van der Waals surface area contributed by atoms with Gasteiger partial charge in [0.05, 0.1) is 37.1 Å². The third-order valence-electron chi connectivity index (χ3n) is 9.93. The summed E-state index contributed by atoms with van der Waals surface area (Å²) in [5.41, 5.74) is 17.9. The van der Waals surface area contributed by atoms with E-state index in [4.69, 9.17) is 31.4 Å². The van der Waals surface area contributed by atoms with Gasteiger partial charge in [-0.3, -0.25) is 0 Å². The highest BCUT2D eigenvalue weighted by Gasteiger charge is 2.43. The number of rotatable bonds is 21. The van der Waals surface area contributed by atoms with Gasteiger partial charge in [0.25, 0.3) is 0 Å². The Balaban J connectivity index is 6.03. The SMILES string of the molecule is CCC(CC(CC)(CC(C)(C)OCC(C)C(C)(C)N)CC(C)(C)OCC(C)C(C)(C)N)OCC(C)C(C)(N)CC. The molecule has 0 aliphatic heterocycles. The van der Waals surface area contributed by atoms with Crippen LogP contribution in [0.4, 0.5) is 0 Å². The number of nitrogens with two attached hydrogens (primary N) is 3. The van der Waals surface area contributed by atoms with Crippen LogP contribution >= 0.6 is 0 Å². The maximum Gasteiger partial charge on any atom is 0.0632 e. The Morgan fingerprint density at radius 2 is 0.975 bits per heavy atom. The molecule has 5 unspecified atom stereocenters. The van der Waals surface area contributed by atoms with E-state index in [1.54, 1.807) is 0 Å². The molecule has 0 radical (unpaired) electrons. The topological polar surface area (TPSA) is 106 Å². The highest BCUT2D eigenvalue weighted by molar-refractivity contribution is 4.94. The number of hydrogen-bond acceptors (Lipinski definition) is 6. The van der Waals surface area contributed by atoms with Crippen LogP contribution in [-0.2, 0) is 14.2 Å². The fraction of sp³-hybridized carbons (Fsp3) is 1.00. The van der Waals surface area contributed by atoms with Gasteiger partial charge in [0.2, 0.25) is 0 Å². The Morgan fingerprint density at radius 1 is 0.575 bits per heavy atom. The van der Waals surface area contributed by atoms with Gasteiger partial charge in [-0.05, 0) is 118 Å². The lowest BCUT2D eigenvalue weighted by Crippen LogP contribution is -2.47. The molecule has 0 heterocycles. The van der Waals surface area contributed by atoms with Crippen molar-refractivity contribution < 1.29 is 14.2 Å². The summed E-state index contributed by atoms with van der Waals surface area (Å²) in [6.07, 6.45) is 5.83. The first kappa shape index (κ1) is 39.8. The van der Waals surface area contributed by atoms with Crippen molar-refractivity contribution in [3.05, 3.63) is 0 Å². The van der Waals surface area contributed by atoms with E-state index in [1.165, 1.54) is 0 Å². The van der Waals surface area contributed by atoms with E-state index in [9.17, 15) is 0 Å². The molecule has 0 bridgehead atoms. The first-order valence-electron chi connectivity index (χ1n) is 16.1. The fourth-order valence-corrected chi connectivity index (χ4v) is 5.26. The summed E-state index contributed by atoms with van der Waals surface area (Å²) < 4.78 is 19.8. The molecule has 0 saturated heterocycles. The van der Waals surface area contributed by atoms with Crippen LogP contribution in [0.2, 0.25) is 0 Å². The molecule has 0 amide bonds. The number of ether oxygens (including phenoxy) is 3. The predicted molar refractivity (Wildman–Crippen MR) is 174 cm³/mol. The van der Waals surface area contributed by atoms with Gasteiger partial charge in [-0.1, -0.05) is 48.0 Å². The molecule has 0 rings (SSSR count). The molecule has 0 aromatic carbocycles. The van der Waals surface area contributed by atoms with E-state index in [0.29, 0.717) is 19.8 Å². The van der Waals surface area contributed by atoms with Crippen LogP contribution in [0.3, 0.4) is 0 Å². The lowest BCUT2D eigenvalue weighted by Gasteiger charge is -2.46. The van der Waals surface area contributed by atoms with Crippen LogP contribution in [0.25, 0.3) is 0 Å². The van der Waals surface area contributed by atoms with Crippen molar-refractivity contribution in [2.75, 3.05) is 19.8 Å². The van der Waals surface area contributed by atoms with Crippen molar-refractivity contribution in [3.63, 3.8) is 0 Å². The Bertz CT molecular complexity index is 668. The summed E-state index contributed by atoms with van der Waals surface area (Å²) >= 11 is 0. The zero-order chi connectivity index (χ0) is 31.8. The number of hydrogen-bond donors (Lipinski definition) is 3. The molecule has 6 nitrogen and oxygen atoms in total. The minimum absolute atomic E-state index is 0.0311. The van der Waals surface area contributed by atoms with Crippen molar-refractivity contribution in [1.29, 1.82) is 0 Å². The summed E-state index contributed by atoms with van der Waals surface area (Å²) in [6.45, 7) is 34.5. The highest BCUT2D eigenvalue weighted by Crippen LogP contribution is 2.46. The van der Waals surface area contributed by atoms with E-state index in [1.807, 2.05) is 0 Å². The molecular weight excluding hydrogens is 498 g/mol. The van der Waals surface area contributed by atoms with Crippen LogP contribution in [0.1, 0.15) is 142 Å². The van der Waals surface area contributed by atoms with Gasteiger partial charge in [-0.25, -0.2) is 0 Å². The summed E-state index contributed by atoms with van der Waals surface area (Å²) in [5, 5.41) is 0. The molecule has 0 aliphatic carbocycles. The third-order valence-corrected chi connectivity index (χ3v) is 9.93. The summed E-state index contributed by atoms with van der Waals surface area (Å²) in [6, 6.07) is 0. The fourth-order valence-electron chi connectivity index (χ4n) is 5.26. The van der Waals surface area contributed by atoms with E-state index >= 15 is 0 Å². The molecule has 5 atom stereocenters. The molecule has 0 aliphatic rings. The largest absolute Gasteiger partial charge is 0.378 e. The summed E-state index contributed by atoms with van der Waals surface area (Å²) in [5.74, 6) is 0.784. The Morgan fingerprint density at radius 3 is 1.27 bits per heavy atom. The molecule has 0 fully saturated rings. The molecule has 242 valence electrons. The molecule has 6 heteroatoms. The quantitative estimate of drug-likeness (QED) is 0.132. The molecule has 0 spiro atoms. The van der Waals surface area contributed by atoms with Crippen LogP contribution in [0.15, 0.2) is 0 Å². The van der Waals surface area contributed by atoms with Crippen molar-refractivity contribution in [3.8, 4) is 0 Å². The maximum atomic E-state index is 6.62. The Labute approximate surface area is 250 Å². The average molecular weight is 572 g/mol. The highest BCUT2D eigenvalue weighted by atomic mass is 16.5. The van der Waals surface area contributed by atoms with E-state index in [0.717, 1.165) is 38.5 Å². The Kier molecular flexibility index (Phi) is 15.4.